The minimum Gasteiger partial charge on any atom is -0.390 e. The maximum absolute atomic E-state index is 11.5. The van der Waals surface area contributed by atoms with Gasteiger partial charge in [0, 0.05) is 11.8 Å². The van der Waals surface area contributed by atoms with Crippen LogP contribution in [0.5, 0.6) is 0 Å². The third kappa shape index (κ3) is 0.945. The van der Waals surface area contributed by atoms with E-state index in [1.807, 2.05) is 6.92 Å². The quantitative estimate of drug-likeness (QED) is 0.580. The van der Waals surface area contributed by atoms with E-state index in [2.05, 4.69) is 0 Å². The number of carbonyl (C=O) groups is 1. The van der Waals surface area contributed by atoms with Crippen molar-refractivity contribution in [3.63, 3.8) is 0 Å². The molecule has 0 aliphatic heterocycles. The highest BCUT2D eigenvalue weighted by Crippen LogP contribution is 2.52. The minimum absolute atomic E-state index is 0.165. The highest BCUT2D eigenvalue weighted by molar-refractivity contribution is 5.91. The highest BCUT2D eigenvalue weighted by Gasteiger charge is 2.61. The van der Waals surface area contributed by atoms with Crippen LogP contribution in [0.1, 0.15) is 39.0 Å². The summed E-state index contributed by atoms with van der Waals surface area (Å²) < 4.78 is 0. The summed E-state index contributed by atoms with van der Waals surface area (Å²) in [5.41, 5.74) is -1.81. The molecule has 3 heteroatoms. The summed E-state index contributed by atoms with van der Waals surface area (Å²) >= 11 is 0. The Morgan fingerprint density at radius 1 is 1.46 bits per heavy atom. The molecule has 2 saturated carbocycles. The number of ketones is 1. The van der Waals surface area contributed by atoms with Crippen LogP contribution in [-0.4, -0.2) is 27.7 Å². The van der Waals surface area contributed by atoms with E-state index < -0.39 is 11.7 Å². The summed E-state index contributed by atoms with van der Waals surface area (Å²) in [5.74, 6) is -0.165. The Balaban J connectivity index is 2.41. The molecule has 2 aliphatic carbocycles. The zero-order chi connectivity index (χ0) is 9.69. The summed E-state index contributed by atoms with van der Waals surface area (Å²) in [7, 11) is 0. The average molecular weight is 184 g/mol. The van der Waals surface area contributed by atoms with E-state index in [1.54, 1.807) is 0 Å². The number of carbonyl (C=O) groups excluding carboxylic acids is 1. The van der Waals surface area contributed by atoms with Crippen LogP contribution >= 0.6 is 0 Å². The summed E-state index contributed by atoms with van der Waals surface area (Å²) in [4.78, 5) is 11.5. The van der Waals surface area contributed by atoms with Crippen molar-refractivity contribution in [1.29, 1.82) is 0 Å². The SMILES string of the molecule is CC12CCCC(O)C1(O)C(=O)CC2. The Morgan fingerprint density at radius 2 is 2.15 bits per heavy atom. The van der Waals surface area contributed by atoms with Crippen LogP contribution in [-0.2, 0) is 4.79 Å². The van der Waals surface area contributed by atoms with E-state index >= 15 is 0 Å². The molecule has 2 aliphatic rings. The predicted octanol–water partition coefficient (Wildman–Crippen LogP) is 0.632. The molecule has 0 spiro atoms. The molecule has 0 radical (unpaired) electrons. The van der Waals surface area contributed by atoms with Crippen molar-refractivity contribution in [2.75, 3.05) is 0 Å². The molecule has 2 rings (SSSR count). The van der Waals surface area contributed by atoms with Gasteiger partial charge in [0.25, 0.3) is 0 Å². The number of hydrogen-bond donors (Lipinski definition) is 2. The molecule has 3 unspecified atom stereocenters. The molecule has 2 N–H and O–H groups in total. The van der Waals surface area contributed by atoms with E-state index in [-0.39, 0.29) is 11.2 Å². The fourth-order valence-electron chi connectivity index (χ4n) is 2.91. The Kier molecular flexibility index (Phi) is 1.79. The lowest BCUT2D eigenvalue weighted by atomic mass is 9.64. The zero-order valence-corrected chi connectivity index (χ0v) is 7.92. The van der Waals surface area contributed by atoms with Crippen molar-refractivity contribution < 1.29 is 15.0 Å². The summed E-state index contributed by atoms with van der Waals surface area (Å²) in [6, 6.07) is 0. The van der Waals surface area contributed by atoms with Crippen LogP contribution in [0, 0.1) is 5.41 Å². The van der Waals surface area contributed by atoms with Crippen LogP contribution in [0.25, 0.3) is 0 Å². The summed E-state index contributed by atoms with van der Waals surface area (Å²) in [6.07, 6.45) is 2.61. The largest absolute Gasteiger partial charge is 0.390 e. The highest BCUT2D eigenvalue weighted by atomic mass is 16.4. The molecule has 3 nitrogen and oxygen atoms in total. The molecule has 2 fully saturated rings. The monoisotopic (exact) mass is 184 g/mol. The van der Waals surface area contributed by atoms with Crippen LogP contribution in [0.2, 0.25) is 0 Å². The van der Waals surface area contributed by atoms with Gasteiger partial charge in [-0.1, -0.05) is 13.3 Å². The molecule has 0 bridgehead atoms. The van der Waals surface area contributed by atoms with Gasteiger partial charge in [-0.3, -0.25) is 4.79 Å². The van der Waals surface area contributed by atoms with Crippen LogP contribution in [0.4, 0.5) is 0 Å². The molecule has 0 aromatic rings. The number of hydrogen-bond acceptors (Lipinski definition) is 3. The van der Waals surface area contributed by atoms with Gasteiger partial charge in [-0.15, -0.1) is 0 Å². The maximum atomic E-state index is 11.5. The van der Waals surface area contributed by atoms with Gasteiger partial charge >= 0.3 is 0 Å². The smallest absolute Gasteiger partial charge is 0.167 e. The van der Waals surface area contributed by atoms with Crippen molar-refractivity contribution in [3.05, 3.63) is 0 Å². The van der Waals surface area contributed by atoms with Crippen LogP contribution < -0.4 is 0 Å². The number of Topliss-reactive ketones (excluding diaryl/α,β-unsaturated/α-hetero) is 1. The summed E-state index contributed by atoms with van der Waals surface area (Å²) in [6.45, 7) is 1.92. The number of aliphatic hydroxyl groups excluding tert-OH is 1. The van der Waals surface area contributed by atoms with Crippen molar-refractivity contribution >= 4 is 5.78 Å². The van der Waals surface area contributed by atoms with E-state index in [0.29, 0.717) is 12.8 Å². The van der Waals surface area contributed by atoms with E-state index in [4.69, 9.17) is 0 Å². The Bertz CT molecular complexity index is 251. The second-order valence-electron chi connectivity index (χ2n) is 4.66. The fourth-order valence-corrected chi connectivity index (χ4v) is 2.91. The standard InChI is InChI=1S/C10H16O3/c1-9-5-2-3-7(11)10(9,13)8(12)4-6-9/h7,11,13H,2-6H2,1H3. The molecule has 0 amide bonds. The fraction of sp³-hybridized carbons (Fsp3) is 0.900. The van der Waals surface area contributed by atoms with Gasteiger partial charge in [-0.25, -0.2) is 0 Å². The minimum atomic E-state index is -1.44. The second kappa shape index (κ2) is 2.55. The number of aliphatic hydroxyl groups is 2. The first kappa shape index (κ1) is 9.16. The molecule has 3 atom stereocenters. The molecule has 13 heavy (non-hydrogen) atoms. The van der Waals surface area contributed by atoms with Crippen molar-refractivity contribution in [2.24, 2.45) is 5.41 Å². The average Bonchev–Trinajstić information content (AvgIpc) is 2.31. The lowest BCUT2D eigenvalue weighted by Gasteiger charge is -2.45. The first-order valence-electron chi connectivity index (χ1n) is 4.94. The van der Waals surface area contributed by atoms with Gasteiger partial charge in [0.1, 0.15) is 0 Å². The van der Waals surface area contributed by atoms with Gasteiger partial charge in [0.2, 0.25) is 0 Å². The molecule has 0 aromatic carbocycles. The van der Waals surface area contributed by atoms with Crippen molar-refractivity contribution in [1.82, 2.24) is 0 Å². The lowest BCUT2D eigenvalue weighted by molar-refractivity contribution is -0.175. The van der Waals surface area contributed by atoms with Gasteiger partial charge in [0.15, 0.2) is 11.4 Å². The van der Waals surface area contributed by atoms with Crippen molar-refractivity contribution in [3.8, 4) is 0 Å². The Labute approximate surface area is 77.8 Å². The summed E-state index contributed by atoms with van der Waals surface area (Å²) in [5, 5.41) is 19.9. The molecule has 74 valence electrons. The first-order chi connectivity index (χ1) is 6.01. The third-order valence-corrected chi connectivity index (χ3v) is 3.94. The molecule has 0 heterocycles. The number of rotatable bonds is 0. The van der Waals surface area contributed by atoms with Gasteiger partial charge < -0.3 is 10.2 Å². The number of fused-ring (bicyclic) bond motifs is 1. The van der Waals surface area contributed by atoms with Crippen LogP contribution in [0.3, 0.4) is 0 Å². The molecule has 0 aromatic heterocycles. The van der Waals surface area contributed by atoms with E-state index in [1.165, 1.54) is 0 Å². The maximum Gasteiger partial charge on any atom is 0.167 e. The van der Waals surface area contributed by atoms with Gasteiger partial charge in [-0.05, 0) is 19.3 Å². The van der Waals surface area contributed by atoms with E-state index in [9.17, 15) is 15.0 Å². The third-order valence-electron chi connectivity index (χ3n) is 3.94. The second-order valence-corrected chi connectivity index (χ2v) is 4.66. The van der Waals surface area contributed by atoms with E-state index in [0.717, 1.165) is 19.3 Å². The predicted molar refractivity (Wildman–Crippen MR) is 47.2 cm³/mol. The van der Waals surface area contributed by atoms with Gasteiger partial charge in [-0.2, -0.15) is 0 Å². The molecular formula is C10H16O3. The first-order valence-corrected chi connectivity index (χ1v) is 4.94. The Hall–Kier alpha value is -0.410. The topological polar surface area (TPSA) is 57.5 Å². The van der Waals surface area contributed by atoms with Gasteiger partial charge in [0.05, 0.1) is 6.10 Å². The molecule has 0 saturated heterocycles. The Morgan fingerprint density at radius 3 is 2.77 bits per heavy atom. The molecular weight excluding hydrogens is 168 g/mol. The zero-order valence-electron chi connectivity index (χ0n) is 7.92. The lowest BCUT2D eigenvalue weighted by Crippen LogP contribution is -2.58. The van der Waals surface area contributed by atoms with Crippen molar-refractivity contribution in [2.45, 2.75) is 50.7 Å². The normalized spacial score (nSPS) is 50.7. The van der Waals surface area contributed by atoms with Crippen LogP contribution in [0.15, 0.2) is 0 Å².